The number of carbonyl (C=O) groups is 1. The lowest BCUT2D eigenvalue weighted by Crippen LogP contribution is -2.34. The van der Waals surface area contributed by atoms with Crippen LogP contribution in [-0.4, -0.2) is 34.4 Å². The third-order valence-electron chi connectivity index (χ3n) is 4.40. The summed E-state index contributed by atoms with van der Waals surface area (Å²) in [6.07, 6.45) is 2.63. The largest absolute Gasteiger partial charge is 0.373 e. The standard InChI is InChI=1S/C19H19N5O2S/c25-18(22-19-24-23-17(27-19)15-8-4-5-10-20-15)21-12-14-9-11-26-16(14)13-6-2-1-3-7-13/h1-8,10,14,16H,9,11-12H2,(H2,21,22,24,25)/t14-,16-/m0/s1. The summed E-state index contributed by atoms with van der Waals surface area (Å²) in [5, 5.41) is 14.8. The molecule has 2 N–H and O–H groups in total. The van der Waals surface area contributed by atoms with Gasteiger partial charge in [0.25, 0.3) is 0 Å². The molecule has 138 valence electrons. The molecule has 0 bridgehead atoms. The Balaban J connectivity index is 1.32. The van der Waals surface area contributed by atoms with Crippen molar-refractivity contribution in [3.63, 3.8) is 0 Å². The molecule has 3 heterocycles. The van der Waals surface area contributed by atoms with E-state index in [1.807, 2.05) is 36.4 Å². The van der Waals surface area contributed by atoms with E-state index in [9.17, 15) is 4.79 Å². The molecule has 0 radical (unpaired) electrons. The van der Waals surface area contributed by atoms with Crippen LogP contribution < -0.4 is 10.6 Å². The molecule has 1 aliphatic rings. The van der Waals surface area contributed by atoms with Crippen molar-refractivity contribution in [1.29, 1.82) is 0 Å². The van der Waals surface area contributed by atoms with Gasteiger partial charge in [0.05, 0.1) is 6.10 Å². The highest BCUT2D eigenvalue weighted by Gasteiger charge is 2.29. The maximum Gasteiger partial charge on any atom is 0.321 e. The lowest BCUT2D eigenvalue weighted by Gasteiger charge is -2.19. The maximum absolute atomic E-state index is 12.2. The van der Waals surface area contributed by atoms with Crippen molar-refractivity contribution in [3.8, 4) is 10.7 Å². The summed E-state index contributed by atoms with van der Waals surface area (Å²) in [6.45, 7) is 1.24. The molecule has 1 fully saturated rings. The summed E-state index contributed by atoms with van der Waals surface area (Å²) in [5.41, 5.74) is 1.88. The molecule has 3 aromatic rings. The minimum atomic E-state index is -0.294. The molecule has 27 heavy (non-hydrogen) atoms. The summed E-state index contributed by atoms with van der Waals surface area (Å²) in [5.74, 6) is 0.247. The SMILES string of the molecule is O=C(NC[C@@H]1CCO[C@H]1c1ccccc1)Nc1nnc(-c2ccccn2)s1. The average Bonchev–Trinajstić information content (AvgIpc) is 3.37. The van der Waals surface area contributed by atoms with Gasteiger partial charge in [-0.05, 0) is 24.1 Å². The van der Waals surface area contributed by atoms with Crippen molar-refractivity contribution in [2.45, 2.75) is 12.5 Å². The van der Waals surface area contributed by atoms with Crippen molar-refractivity contribution in [2.75, 3.05) is 18.5 Å². The summed E-state index contributed by atoms with van der Waals surface area (Å²) < 4.78 is 5.86. The molecule has 2 amide bonds. The van der Waals surface area contributed by atoms with E-state index in [-0.39, 0.29) is 18.1 Å². The fraction of sp³-hybridized carbons (Fsp3) is 0.263. The molecule has 0 spiro atoms. The van der Waals surface area contributed by atoms with Gasteiger partial charge in [0.15, 0.2) is 5.01 Å². The molecule has 0 saturated carbocycles. The van der Waals surface area contributed by atoms with Crippen molar-refractivity contribution < 1.29 is 9.53 Å². The third-order valence-corrected chi connectivity index (χ3v) is 5.26. The van der Waals surface area contributed by atoms with Gasteiger partial charge in [0, 0.05) is 25.3 Å². The van der Waals surface area contributed by atoms with E-state index < -0.39 is 0 Å². The van der Waals surface area contributed by atoms with Gasteiger partial charge in [0.1, 0.15) is 5.69 Å². The van der Waals surface area contributed by atoms with Crippen LogP contribution in [0.25, 0.3) is 10.7 Å². The van der Waals surface area contributed by atoms with Gasteiger partial charge in [-0.1, -0.05) is 47.7 Å². The Bertz CT molecular complexity index is 887. The molecule has 1 saturated heterocycles. The van der Waals surface area contributed by atoms with Crippen LogP contribution in [-0.2, 0) is 4.74 Å². The Kier molecular flexibility index (Phi) is 5.36. The monoisotopic (exact) mass is 381 g/mol. The quantitative estimate of drug-likeness (QED) is 0.706. The molecule has 7 nitrogen and oxygen atoms in total. The number of anilines is 1. The van der Waals surface area contributed by atoms with Crippen molar-refractivity contribution in [1.82, 2.24) is 20.5 Å². The molecule has 4 rings (SSSR count). The van der Waals surface area contributed by atoms with E-state index in [0.717, 1.165) is 17.7 Å². The number of nitrogens with one attached hydrogen (secondary N) is 2. The Hall–Kier alpha value is -2.84. The predicted octanol–water partition coefficient (Wildman–Crippen LogP) is 3.50. The molecule has 2 aromatic heterocycles. The predicted molar refractivity (Wildman–Crippen MR) is 103 cm³/mol. The number of urea groups is 1. The Morgan fingerprint density at radius 1 is 1.15 bits per heavy atom. The van der Waals surface area contributed by atoms with Crippen LogP contribution in [0.5, 0.6) is 0 Å². The van der Waals surface area contributed by atoms with E-state index in [0.29, 0.717) is 23.3 Å². The van der Waals surface area contributed by atoms with Gasteiger partial charge in [-0.2, -0.15) is 0 Å². The zero-order valence-corrected chi connectivity index (χ0v) is 15.4. The molecular weight excluding hydrogens is 362 g/mol. The number of aromatic nitrogens is 3. The fourth-order valence-corrected chi connectivity index (χ4v) is 3.80. The number of nitrogens with zero attached hydrogens (tertiary/aromatic N) is 3. The van der Waals surface area contributed by atoms with Crippen molar-refractivity contribution >= 4 is 22.5 Å². The van der Waals surface area contributed by atoms with Gasteiger partial charge >= 0.3 is 6.03 Å². The van der Waals surface area contributed by atoms with Crippen LogP contribution in [0.15, 0.2) is 54.7 Å². The van der Waals surface area contributed by atoms with Crippen LogP contribution in [0.3, 0.4) is 0 Å². The molecule has 0 aliphatic carbocycles. The van der Waals surface area contributed by atoms with E-state index in [1.54, 1.807) is 6.20 Å². The smallest absolute Gasteiger partial charge is 0.321 e. The van der Waals surface area contributed by atoms with Gasteiger partial charge in [-0.15, -0.1) is 10.2 Å². The van der Waals surface area contributed by atoms with E-state index in [2.05, 4.69) is 37.9 Å². The molecule has 0 unspecified atom stereocenters. The Labute approximate surface area is 160 Å². The number of pyridine rings is 1. The summed E-state index contributed by atoms with van der Waals surface area (Å²) in [6, 6.07) is 15.4. The highest BCUT2D eigenvalue weighted by atomic mass is 32.1. The number of benzene rings is 1. The summed E-state index contributed by atoms with van der Waals surface area (Å²) in [4.78, 5) is 16.5. The summed E-state index contributed by atoms with van der Waals surface area (Å²) >= 11 is 1.29. The minimum absolute atomic E-state index is 0.0174. The van der Waals surface area contributed by atoms with Crippen molar-refractivity contribution in [2.24, 2.45) is 5.92 Å². The number of hydrogen-bond donors (Lipinski definition) is 2. The lowest BCUT2D eigenvalue weighted by molar-refractivity contribution is 0.0911. The first-order valence-electron chi connectivity index (χ1n) is 8.76. The van der Waals surface area contributed by atoms with Crippen LogP contribution in [0.2, 0.25) is 0 Å². The lowest BCUT2D eigenvalue weighted by atomic mass is 9.95. The Morgan fingerprint density at radius 2 is 2.00 bits per heavy atom. The first-order chi connectivity index (χ1) is 13.3. The second-order valence-corrected chi connectivity index (χ2v) is 7.19. The number of carbonyl (C=O) groups excluding carboxylic acids is 1. The van der Waals surface area contributed by atoms with Crippen molar-refractivity contribution in [3.05, 3.63) is 60.3 Å². The minimum Gasteiger partial charge on any atom is -0.373 e. The normalized spacial score (nSPS) is 19.0. The topological polar surface area (TPSA) is 89.0 Å². The van der Waals surface area contributed by atoms with Gasteiger partial charge < -0.3 is 10.1 Å². The second kappa shape index (κ2) is 8.24. The molecule has 8 heteroatoms. The zero-order chi connectivity index (χ0) is 18.5. The number of hydrogen-bond acceptors (Lipinski definition) is 6. The first-order valence-corrected chi connectivity index (χ1v) is 9.57. The first kappa shape index (κ1) is 17.6. The molecule has 2 atom stereocenters. The number of rotatable bonds is 5. The third kappa shape index (κ3) is 4.29. The van der Waals surface area contributed by atoms with E-state index in [4.69, 9.17) is 4.74 Å². The highest BCUT2D eigenvalue weighted by molar-refractivity contribution is 7.18. The molecule has 1 aliphatic heterocycles. The number of ether oxygens (including phenoxy) is 1. The van der Waals surface area contributed by atoms with Crippen LogP contribution in [0, 0.1) is 5.92 Å². The maximum atomic E-state index is 12.2. The van der Waals surface area contributed by atoms with Crippen LogP contribution >= 0.6 is 11.3 Å². The highest BCUT2D eigenvalue weighted by Crippen LogP contribution is 2.33. The van der Waals surface area contributed by atoms with Crippen LogP contribution in [0.1, 0.15) is 18.1 Å². The molecule has 1 aromatic carbocycles. The Morgan fingerprint density at radius 3 is 2.81 bits per heavy atom. The number of amides is 2. The summed E-state index contributed by atoms with van der Waals surface area (Å²) in [7, 11) is 0. The van der Waals surface area contributed by atoms with Gasteiger partial charge in [-0.25, -0.2) is 4.79 Å². The molecular formula is C19H19N5O2S. The van der Waals surface area contributed by atoms with Gasteiger partial charge in [-0.3, -0.25) is 10.3 Å². The second-order valence-electron chi connectivity index (χ2n) is 6.21. The van der Waals surface area contributed by atoms with E-state index in [1.165, 1.54) is 11.3 Å². The fourth-order valence-electron chi connectivity index (χ4n) is 3.09. The van der Waals surface area contributed by atoms with E-state index >= 15 is 0 Å². The van der Waals surface area contributed by atoms with Gasteiger partial charge in [0.2, 0.25) is 5.13 Å². The average molecular weight is 381 g/mol. The van der Waals surface area contributed by atoms with Crippen LogP contribution in [0.4, 0.5) is 9.93 Å². The zero-order valence-electron chi connectivity index (χ0n) is 14.5.